The van der Waals surface area contributed by atoms with Crippen LogP contribution in [0.1, 0.15) is 5.56 Å². The summed E-state index contributed by atoms with van der Waals surface area (Å²) in [4.78, 5) is 4.28. The normalized spacial score (nSPS) is 10.3. The molecule has 3 rings (SSSR count). The molecule has 0 spiro atoms. The van der Waals surface area contributed by atoms with Crippen molar-refractivity contribution < 1.29 is 13.9 Å². The minimum absolute atomic E-state index is 0.201. The van der Waals surface area contributed by atoms with Crippen molar-refractivity contribution in [1.29, 1.82) is 0 Å². The van der Waals surface area contributed by atoms with Crippen LogP contribution in [0.15, 0.2) is 48.7 Å². The van der Waals surface area contributed by atoms with Crippen LogP contribution in [0.5, 0.6) is 11.5 Å². The van der Waals surface area contributed by atoms with Gasteiger partial charge in [-0.15, -0.1) is 5.10 Å². The van der Waals surface area contributed by atoms with Gasteiger partial charge in [0.15, 0.2) is 17.3 Å². The molecule has 1 heterocycles. The summed E-state index contributed by atoms with van der Waals surface area (Å²) in [6.07, 6.45) is 1.49. The van der Waals surface area contributed by atoms with Crippen molar-refractivity contribution in [2.24, 2.45) is 0 Å². The molecular formula is C18H18FN5O2. The van der Waals surface area contributed by atoms with E-state index in [0.717, 1.165) is 5.56 Å². The quantitative estimate of drug-likeness (QED) is 0.672. The molecule has 2 aromatic carbocycles. The molecule has 0 saturated heterocycles. The van der Waals surface area contributed by atoms with Gasteiger partial charge in [0.25, 0.3) is 0 Å². The molecule has 0 amide bonds. The second-order valence-electron chi connectivity index (χ2n) is 5.31. The maximum absolute atomic E-state index is 13.7. The third-order valence-corrected chi connectivity index (χ3v) is 3.60. The van der Waals surface area contributed by atoms with E-state index in [-0.39, 0.29) is 17.5 Å². The van der Waals surface area contributed by atoms with E-state index in [0.29, 0.717) is 23.9 Å². The van der Waals surface area contributed by atoms with Crippen molar-refractivity contribution in [2.45, 2.75) is 6.54 Å². The van der Waals surface area contributed by atoms with Crippen molar-refractivity contribution in [1.82, 2.24) is 15.2 Å². The zero-order chi connectivity index (χ0) is 18.4. The molecule has 0 aliphatic heterocycles. The molecule has 0 fully saturated rings. The zero-order valence-corrected chi connectivity index (χ0v) is 14.4. The third-order valence-electron chi connectivity index (χ3n) is 3.60. The van der Waals surface area contributed by atoms with E-state index in [1.165, 1.54) is 12.3 Å². The molecule has 0 saturated carbocycles. The van der Waals surface area contributed by atoms with Gasteiger partial charge in [0.1, 0.15) is 5.82 Å². The Hall–Kier alpha value is -3.42. The third kappa shape index (κ3) is 4.15. The Morgan fingerprint density at radius 1 is 1.04 bits per heavy atom. The lowest BCUT2D eigenvalue weighted by Crippen LogP contribution is -2.06. The molecule has 26 heavy (non-hydrogen) atoms. The first kappa shape index (κ1) is 17.4. The number of ether oxygens (including phenoxy) is 2. The fourth-order valence-corrected chi connectivity index (χ4v) is 2.31. The van der Waals surface area contributed by atoms with Crippen LogP contribution in [0.25, 0.3) is 0 Å². The molecule has 3 aromatic rings. The van der Waals surface area contributed by atoms with E-state index in [1.54, 1.807) is 32.4 Å². The van der Waals surface area contributed by atoms with Crippen molar-refractivity contribution in [3.8, 4) is 11.5 Å². The predicted molar refractivity (Wildman–Crippen MR) is 96.4 cm³/mol. The van der Waals surface area contributed by atoms with Gasteiger partial charge in [0.05, 0.1) is 26.1 Å². The number of rotatable bonds is 7. The number of hydrogen-bond donors (Lipinski definition) is 2. The summed E-state index contributed by atoms with van der Waals surface area (Å²) >= 11 is 0. The number of nitrogens with zero attached hydrogens (tertiary/aromatic N) is 3. The Bertz CT molecular complexity index is 891. The highest BCUT2D eigenvalue weighted by Gasteiger charge is 2.07. The van der Waals surface area contributed by atoms with Gasteiger partial charge in [-0.3, -0.25) is 0 Å². The fraction of sp³-hybridized carbons (Fsp3) is 0.167. The Labute approximate surface area is 150 Å². The average molecular weight is 355 g/mol. The number of aromatic nitrogens is 3. The minimum Gasteiger partial charge on any atom is -0.493 e. The smallest absolute Gasteiger partial charge is 0.249 e. The van der Waals surface area contributed by atoms with Gasteiger partial charge in [0.2, 0.25) is 5.95 Å². The minimum atomic E-state index is -0.389. The van der Waals surface area contributed by atoms with Crippen LogP contribution in [-0.2, 0) is 6.54 Å². The van der Waals surface area contributed by atoms with Crippen LogP contribution in [0.2, 0.25) is 0 Å². The molecule has 0 bridgehead atoms. The lowest BCUT2D eigenvalue weighted by Gasteiger charge is -2.11. The first-order chi connectivity index (χ1) is 12.7. The van der Waals surface area contributed by atoms with Crippen LogP contribution < -0.4 is 20.1 Å². The Morgan fingerprint density at radius 2 is 1.85 bits per heavy atom. The Morgan fingerprint density at radius 3 is 2.62 bits per heavy atom. The van der Waals surface area contributed by atoms with Gasteiger partial charge in [-0.1, -0.05) is 18.2 Å². The number of nitrogens with one attached hydrogen (secondary N) is 2. The molecule has 1 aromatic heterocycles. The molecule has 2 N–H and O–H groups in total. The first-order valence-corrected chi connectivity index (χ1v) is 7.85. The van der Waals surface area contributed by atoms with Gasteiger partial charge in [-0.25, -0.2) is 4.39 Å². The van der Waals surface area contributed by atoms with Crippen molar-refractivity contribution in [3.63, 3.8) is 0 Å². The van der Waals surface area contributed by atoms with E-state index < -0.39 is 0 Å². The van der Waals surface area contributed by atoms with Crippen molar-refractivity contribution in [3.05, 3.63) is 60.0 Å². The van der Waals surface area contributed by atoms with E-state index >= 15 is 0 Å². The topological polar surface area (TPSA) is 81.2 Å². The molecule has 0 radical (unpaired) electrons. The van der Waals surface area contributed by atoms with Gasteiger partial charge in [-0.2, -0.15) is 10.1 Å². The van der Waals surface area contributed by atoms with E-state index in [9.17, 15) is 4.39 Å². The van der Waals surface area contributed by atoms with Crippen LogP contribution in [0.3, 0.4) is 0 Å². The zero-order valence-electron chi connectivity index (χ0n) is 14.4. The maximum Gasteiger partial charge on any atom is 0.249 e. The number of para-hydroxylation sites is 1. The summed E-state index contributed by atoms with van der Waals surface area (Å²) in [5, 5.41) is 13.7. The number of anilines is 3. The van der Waals surface area contributed by atoms with E-state index in [4.69, 9.17) is 9.47 Å². The lowest BCUT2D eigenvalue weighted by molar-refractivity contribution is 0.354. The van der Waals surface area contributed by atoms with Crippen LogP contribution in [0.4, 0.5) is 21.8 Å². The predicted octanol–water partition coefficient (Wildman–Crippen LogP) is 3.38. The fourth-order valence-electron chi connectivity index (χ4n) is 2.31. The van der Waals surface area contributed by atoms with Gasteiger partial charge >= 0.3 is 0 Å². The summed E-state index contributed by atoms with van der Waals surface area (Å²) in [7, 11) is 3.18. The Kier molecular flexibility index (Phi) is 5.43. The maximum atomic E-state index is 13.7. The highest BCUT2D eigenvalue weighted by molar-refractivity contribution is 5.54. The van der Waals surface area contributed by atoms with Gasteiger partial charge in [0, 0.05) is 6.54 Å². The summed E-state index contributed by atoms with van der Waals surface area (Å²) < 4.78 is 24.2. The largest absolute Gasteiger partial charge is 0.493 e. The van der Waals surface area contributed by atoms with Gasteiger partial charge < -0.3 is 20.1 Å². The summed E-state index contributed by atoms with van der Waals surface area (Å²) in [6.45, 7) is 0.498. The second kappa shape index (κ2) is 8.11. The monoisotopic (exact) mass is 355 g/mol. The molecule has 0 unspecified atom stereocenters. The van der Waals surface area contributed by atoms with E-state index in [2.05, 4.69) is 25.8 Å². The van der Waals surface area contributed by atoms with Crippen LogP contribution >= 0.6 is 0 Å². The molecule has 0 aliphatic rings. The average Bonchev–Trinajstić information content (AvgIpc) is 2.68. The van der Waals surface area contributed by atoms with Crippen LogP contribution in [0, 0.1) is 5.82 Å². The highest BCUT2D eigenvalue weighted by Crippen LogP contribution is 2.27. The van der Waals surface area contributed by atoms with E-state index in [1.807, 2.05) is 18.2 Å². The summed E-state index contributed by atoms with van der Waals surface area (Å²) in [5.41, 5.74) is 1.26. The summed E-state index contributed by atoms with van der Waals surface area (Å²) in [6, 6.07) is 11.9. The number of halogens is 1. The molecule has 134 valence electrons. The number of benzene rings is 2. The molecule has 8 heteroatoms. The highest BCUT2D eigenvalue weighted by atomic mass is 19.1. The van der Waals surface area contributed by atoms with Gasteiger partial charge in [-0.05, 0) is 29.8 Å². The lowest BCUT2D eigenvalue weighted by atomic mass is 10.2. The number of hydrogen-bond acceptors (Lipinski definition) is 7. The summed E-state index contributed by atoms with van der Waals surface area (Å²) in [5.74, 6) is 1.63. The molecule has 7 nitrogen and oxygen atoms in total. The molecule has 0 atom stereocenters. The molecule has 0 aliphatic carbocycles. The van der Waals surface area contributed by atoms with Crippen LogP contribution in [-0.4, -0.2) is 29.4 Å². The number of methoxy groups -OCH3 is 2. The Balaban J connectivity index is 1.68. The molecular weight excluding hydrogens is 337 g/mol. The first-order valence-electron chi connectivity index (χ1n) is 7.85. The SMILES string of the molecule is COc1ccc(CNc2cnnc(Nc3ccccc3F)n2)cc1OC. The van der Waals surface area contributed by atoms with Crippen molar-refractivity contribution in [2.75, 3.05) is 24.9 Å². The standard InChI is InChI=1S/C18H18FN5O2/c1-25-15-8-7-12(9-16(15)26-2)10-20-17-11-21-24-18(23-17)22-14-6-4-3-5-13(14)19/h3-9,11H,10H2,1-2H3,(H2,20,22,23,24). The second-order valence-corrected chi connectivity index (χ2v) is 5.31. The van der Waals surface area contributed by atoms with Crippen molar-refractivity contribution >= 4 is 17.5 Å².